The number of hydrazine groups is 1. The van der Waals surface area contributed by atoms with Crippen LogP contribution >= 0.6 is 15.9 Å². The van der Waals surface area contributed by atoms with Crippen molar-refractivity contribution in [3.8, 4) is 0 Å². The van der Waals surface area contributed by atoms with Gasteiger partial charge in [-0.15, -0.1) is 0 Å². The van der Waals surface area contributed by atoms with E-state index in [1.807, 2.05) is 24.3 Å². The minimum atomic E-state index is -1.09. The van der Waals surface area contributed by atoms with Gasteiger partial charge in [-0.3, -0.25) is 5.43 Å². The van der Waals surface area contributed by atoms with Gasteiger partial charge in [-0.05, 0) is 17.7 Å². The number of benzene rings is 1. The van der Waals surface area contributed by atoms with Crippen molar-refractivity contribution in [2.45, 2.75) is 6.54 Å². The van der Waals surface area contributed by atoms with Gasteiger partial charge in [0, 0.05) is 11.0 Å². The molecule has 70 valence electrons. The number of rotatable bonds is 3. The molecule has 0 bridgehead atoms. The predicted molar refractivity (Wildman–Crippen MR) is 52.1 cm³/mol. The van der Waals surface area contributed by atoms with Crippen LogP contribution in [0.2, 0.25) is 0 Å². The molecule has 3 N–H and O–H groups in total. The van der Waals surface area contributed by atoms with Crippen molar-refractivity contribution < 1.29 is 9.90 Å². The Balaban J connectivity index is 2.37. The lowest BCUT2D eigenvalue weighted by atomic mass is 10.2. The number of hydrogen-bond donors (Lipinski definition) is 3. The van der Waals surface area contributed by atoms with Crippen LogP contribution in [0.4, 0.5) is 4.79 Å². The van der Waals surface area contributed by atoms with Crippen LogP contribution < -0.4 is 10.9 Å². The first kappa shape index (κ1) is 10.0. The summed E-state index contributed by atoms with van der Waals surface area (Å²) in [6.07, 6.45) is -1.09. The SMILES string of the molecule is O=C(O)NNCc1ccc(Br)cc1. The standard InChI is InChI=1S/C8H9BrN2O2/c9-7-3-1-6(2-4-7)5-10-11-8(12)13/h1-4,10-11H,5H2,(H,12,13). The smallest absolute Gasteiger partial charge is 0.419 e. The Bertz CT molecular complexity index is 287. The molecule has 0 aliphatic heterocycles. The number of carbonyl (C=O) groups is 1. The molecule has 0 aliphatic rings. The van der Waals surface area contributed by atoms with Crippen LogP contribution in [0.3, 0.4) is 0 Å². The second-order valence-corrected chi connectivity index (χ2v) is 3.33. The Hall–Kier alpha value is -1.07. The zero-order valence-electron chi connectivity index (χ0n) is 6.75. The summed E-state index contributed by atoms with van der Waals surface area (Å²) >= 11 is 3.31. The van der Waals surface area contributed by atoms with Gasteiger partial charge in [-0.1, -0.05) is 28.1 Å². The number of carboxylic acid groups (broad SMARTS) is 1. The van der Waals surface area contributed by atoms with Crippen LogP contribution in [0.5, 0.6) is 0 Å². The molecule has 0 saturated heterocycles. The Morgan fingerprint density at radius 3 is 2.54 bits per heavy atom. The molecule has 1 amide bonds. The number of nitrogens with one attached hydrogen (secondary N) is 2. The summed E-state index contributed by atoms with van der Waals surface area (Å²) in [6, 6.07) is 7.61. The summed E-state index contributed by atoms with van der Waals surface area (Å²) in [7, 11) is 0. The fraction of sp³-hybridized carbons (Fsp3) is 0.125. The molecular weight excluding hydrogens is 236 g/mol. The number of halogens is 1. The van der Waals surface area contributed by atoms with E-state index in [1.165, 1.54) is 0 Å². The summed E-state index contributed by atoms with van der Waals surface area (Å²) in [4.78, 5) is 10.1. The van der Waals surface area contributed by atoms with Crippen LogP contribution in [-0.2, 0) is 6.54 Å². The van der Waals surface area contributed by atoms with Crippen molar-refractivity contribution in [1.29, 1.82) is 0 Å². The largest absolute Gasteiger partial charge is 0.464 e. The van der Waals surface area contributed by atoms with Gasteiger partial charge in [-0.25, -0.2) is 10.2 Å². The highest BCUT2D eigenvalue weighted by Crippen LogP contribution is 2.09. The third-order valence-electron chi connectivity index (χ3n) is 1.40. The molecule has 0 spiro atoms. The number of hydrogen-bond acceptors (Lipinski definition) is 2. The summed E-state index contributed by atoms with van der Waals surface area (Å²) in [6.45, 7) is 0.472. The zero-order valence-corrected chi connectivity index (χ0v) is 8.34. The third-order valence-corrected chi connectivity index (χ3v) is 1.93. The maximum atomic E-state index is 10.1. The Morgan fingerprint density at radius 1 is 1.38 bits per heavy atom. The van der Waals surface area contributed by atoms with Crippen molar-refractivity contribution in [2.75, 3.05) is 0 Å². The Morgan fingerprint density at radius 2 is 2.00 bits per heavy atom. The molecule has 0 fully saturated rings. The van der Waals surface area contributed by atoms with Gasteiger partial charge in [0.05, 0.1) is 0 Å². The molecular formula is C8H9BrN2O2. The van der Waals surface area contributed by atoms with E-state index in [0.29, 0.717) is 6.54 Å². The third kappa shape index (κ3) is 3.91. The molecule has 0 radical (unpaired) electrons. The Labute approximate surface area is 84.1 Å². The normalized spacial score (nSPS) is 9.62. The van der Waals surface area contributed by atoms with Crippen molar-refractivity contribution in [2.24, 2.45) is 0 Å². The lowest BCUT2D eigenvalue weighted by Crippen LogP contribution is -2.35. The minimum Gasteiger partial charge on any atom is -0.464 e. The molecule has 0 aromatic heterocycles. The fourth-order valence-electron chi connectivity index (χ4n) is 0.824. The van der Waals surface area contributed by atoms with E-state index >= 15 is 0 Å². The summed E-state index contributed by atoms with van der Waals surface area (Å²) < 4.78 is 1.00. The van der Waals surface area contributed by atoms with Gasteiger partial charge < -0.3 is 5.11 Å². The van der Waals surface area contributed by atoms with E-state index in [4.69, 9.17) is 5.11 Å². The predicted octanol–water partition coefficient (Wildman–Crippen LogP) is 1.72. The van der Waals surface area contributed by atoms with Crippen LogP contribution in [0.25, 0.3) is 0 Å². The van der Waals surface area contributed by atoms with Gasteiger partial charge >= 0.3 is 6.09 Å². The lowest BCUT2D eigenvalue weighted by molar-refractivity contribution is 0.189. The monoisotopic (exact) mass is 244 g/mol. The second kappa shape index (κ2) is 4.84. The first-order valence-corrected chi connectivity index (χ1v) is 4.44. The number of amides is 1. The average molecular weight is 245 g/mol. The first-order valence-electron chi connectivity index (χ1n) is 3.65. The summed E-state index contributed by atoms with van der Waals surface area (Å²) in [5.41, 5.74) is 5.63. The van der Waals surface area contributed by atoms with Crippen molar-refractivity contribution in [1.82, 2.24) is 10.9 Å². The van der Waals surface area contributed by atoms with Crippen LogP contribution in [0, 0.1) is 0 Å². The molecule has 4 nitrogen and oxygen atoms in total. The fourth-order valence-corrected chi connectivity index (χ4v) is 1.09. The molecule has 1 aromatic carbocycles. The van der Waals surface area contributed by atoms with Gasteiger partial charge in [0.1, 0.15) is 0 Å². The van der Waals surface area contributed by atoms with E-state index in [-0.39, 0.29) is 0 Å². The molecule has 5 heteroatoms. The van der Waals surface area contributed by atoms with Gasteiger partial charge in [-0.2, -0.15) is 0 Å². The van der Waals surface area contributed by atoms with E-state index in [9.17, 15) is 4.79 Å². The Kier molecular flexibility index (Phi) is 3.72. The van der Waals surface area contributed by atoms with E-state index < -0.39 is 6.09 Å². The van der Waals surface area contributed by atoms with Crippen molar-refractivity contribution in [3.05, 3.63) is 34.3 Å². The second-order valence-electron chi connectivity index (χ2n) is 2.41. The van der Waals surface area contributed by atoms with Gasteiger partial charge in [0.2, 0.25) is 0 Å². The topological polar surface area (TPSA) is 61.4 Å². The van der Waals surface area contributed by atoms with E-state index in [0.717, 1.165) is 10.0 Å². The maximum Gasteiger partial charge on any atom is 0.419 e. The van der Waals surface area contributed by atoms with Gasteiger partial charge in [0.15, 0.2) is 0 Å². The molecule has 0 unspecified atom stereocenters. The van der Waals surface area contributed by atoms with Gasteiger partial charge in [0.25, 0.3) is 0 Å². The maximum absolute atomic E-state index is 10.1. The highest BCUT2D eigenvalue weighted by Gasteiger charge is 1.94. The summed E-state index contributed by atoms with van der Waals surface area (Å²) in [5.74, 6) is 0. The van der Waals surface area contributed by atoms with Crippen LogP contribution in [0.1, 0.15) is 5.56 Å². The summed E-state index contributed by atoms with van der Waals surface area (Å²) in [5, 5.41) is 8.25. The van der Waals surface area contributed by atoms with Crippen LogP contribution in [0.15, 0.2) is 28.7 Å². The molecule has 0 saturated carbocycles. The molecule has 0 atom stereocenters. The quantitative estimate of drug-likeness (QED) is 0.710. The highest BCUT2D eigenvalue weighted by atomic mass is 79.9. The minimum absolute atomic E-state index is 0.472. The molecule has 13 heavy (non-hydrogen) atoms. The van der Waals surface area contributed by atoms with Crippen molar-refractivity contribution >= 4 is 22.0 Å². The van der Waals surface area contributed by atoms with E-state index in [2.05, 4.69) is 26.8 Å². The highest BCUT2D eigenvalue weighted by molar-refractivity contribution is 9.10. The molecule has 1 rings (SSSR count). The zero-order chi connectivity index (χ0) is 9.68. The van der Waals surface area contributed by atoms with Crippen molar-refractivity contribution in [3.63, 3.8) is 0 Å². The van der Waals surface area contributed by atoms with Crippen LogP contribution in [-0.4, -0.2) is 11.2 Å². The molecule has 0 aliphatic carbocycles. The first-order chi connectivity index (χ1) is 6.18. The lowest BCUT2D eigenvalue weighted by Gasteiger charge is -2.03. The molecule has 1 aromatic rings. The van der Waals surface area contributed by atoms with E-state index in [1.54, 1.807) is 0 Å². The average Bonchev–Trinajstić information content (AvgIpc) is 2.08. The molecule has 0 heterocycles.